The van der Waals surface area contributed by atoms with E-state index in [1.165, 1.54) is 17.4 Å². The molecule has 7 heteroatoms. The van der Waals surface area contributed by atoms with Gasteiger partial charge in [-0.2, -0.15) is 13.2 Å². The highest BCUT2D eigenvalue weighted by Crippen LogP contribution is 2.38. The van der Waals surface area contributed by atoms with E-state index in [1.807, 2.05) is 24.3 Å². The SMILES string of the molecule is Cc1c(C(=O)/C=C(/c2cc(Cl)cc(Cl)c2)C(F)(F)F)sc2ccccc12. The van der Waals surface area contributed by atoms with Crippen molar-refractivity contribution in [1.82, 2.24) is 0 Å². The molecule has 0 aliphatic heterocycles. The van der Waals surface area contributed by atoms with Gasteiger partial charge >= 0.3 is 6.18 Å². The number of alkyl halides is 3. The van der Waals surface area contributed by atoms with E-state index < -0.39 is 17.5 Å². The number of thiophene rings is 1. The summed E-state index contributed by atoms with van der Waals surface area (Å²) in [7, 11) is 0. The van der Waals surface area contributed by atoms with Crippen molar-refractivity contribution >= 4 is 56.0 Å². The van der Waals surface area contributed by atoms with Gasteiger partial charge in [0.1, 0.15) is 0 Å². The van der Waals surface area contributed by atoms with Crippen LogP contribution in [0.3, 0.4) is 0 Å². The van der Waals surface area contributed by atoms with Gasteiger partial charge in [0.25, 0.3) is 0 Å². The minimum absolute atomic E-state index is 0.0631. The van der Waals surface area contributed by atoms with Gasteiger partial charge in [0.15, 0.2) is 5.78 Å². The Morgan fingerprint density at radius 2 is 1.69 bits per heavy atom. The van der Waals surface area contributed by atoms with Gasteiger partial charge in [0, 0.05) is 14.7 Å². The topological polar surface area (TPSA) is 17.1 Å². The lowest BCUT2D eigenvalue weighted by molar-refractivity contribution is -0.0689. The normalized spacial score (nSPS) is 12.6. The Bertz CT molecular complexity index is 1010. The van der Waals surface area contributed by atoms with Gasteiger partial charge in [-0.25, -0.2) is 0 Å². The van der Waals surface area contributed by atoms with Crippen molar-refractivity contribution in [1.29, 1.82) is 0 Å². The number of carbonyl (C=O) groups excluding carboxylic acids is 1. The van der Waals surface area contributed by atoms with E-state index in [0.29, 0.717) is 11.6 Å². The van der Waals surface area contributed by atoms with Crippen LogP contribution in [0.25, 0.3) is 15.7 Å². The van der Waals surface area contributed by atoms with Crippen molar-refractivity contribution in [2.75, 3.05) is 0 Å². The highest BCUT2D eigenvalue weighted by Gasteiger charge is 2.36. The minimum atomic E-state index is -4.73. The summed E-state index contributed by atoms with van der Waals surface area (Å²) in [5.41, 5.74) is -0.664. The Morgan fingerprint density at radius 3 is 2.27 bits per heavy atom. The molecule has 134 valence electrons. The van der Waals surface area contributed by atoms with E-state index >= 15 is 0 Å². The van der Waals surface area contributed by atoms with Crippen molar-refractivity contribution in [3.63, 3.8) is 0 Å². The first-order chi connectivity index (χ1) is 12.2. The fourth-order valence-electron chi connectivity index (χ4n) is 2.64. The quantitative estimate of drug-likeness (QED) is 0.323. The van der Waals surface area contributed by atoms with Crippen LogP contribution in [0.1, 0.15) is 20.8 Å². The van der Waals surface area contributed by atoms with Crippen LogP contribution in [0.5, 0.6) is 0 Å². The molecule has 0 fully saturated rings. The maximum absolute atomic E-state index is 13.5. The van der Waals surface area contributed by atoms with Crippen LogP contribution in [0.2, 0.25) is 10.0 Å². The highest BCUT2D eigenvalue weighted by molar-refractivity contribution is 7.21. The molecule has 0 saturated heterocycles. The molecule has 0 bridgehead atoms. The zero-order chi connectivity index (χ0) is 19.1. The molecule has 3 aromatic rings. The third-order valence-corrected chi connectivity index (χ3v) is 5.55. The predicted octanol–water partition coefficient (Wildman–Crippen LogP) is 7.35. The van der Waals surface area contributed by atoms with Crippen LogP contribution in [-0.4, -0.2) is 12.0 Å². The number of aryl methyl sites for hydroxylation is 1. The van der Waals surface area contributed by atoms with Gasteiger partial charge in [0.2, 0.25) is 0 Å². The second kappa shape index (κ2) is 7.06. The molecule has 0 aliphatic rings. The number of benzene rings is 2. The molecule has 3 rings (SSSR count). The summed E-state index contributed by atoms with van der Waals surface area (Å²) in [5, 5.41) is 0.981. The summed E-state index contributed by atoms with van der Waals surface area (Å²) < 4.78 is 41.5. The lowest BCUT2D eigenvalue weighted by Crippen LogP contribution is -2.13. The zero-order valence-corrected chi connectivity index (χ0v) is 15.7. The number of hydrogen-bond acceptors (Lipinski definition) is 2. The Kier molecular flexibility index (Phi) is 5.15. The van der Waals surface area contributed by atoms with E-state index in [1.54, 1.807) is 6.92 Å². The predicted molar refractivity (Wildman–Crippen MR) is 101 cm³/mol. The first-order valence-electron chi connectivity index (χ1n) is 7.44. The Hall–Kier alpha value is -1.82. The maximum atomic E-state index is 13.5. The molecule has 0 atom stereocenters. The van der Waals surface area contributed by atoms with Crippen molar-refractivity contribution in [3.05, 3.63) is 74.6 Å². The lowest BCUT2D eigenvalue weighted by Gasteiger charge is -2.12. The monoisotopic (exact) mass is 414 g/mol. The van der Waals surface area contributed by atoms with Crippen LogP contribution in [-0.2, 0) is 0 Å². The van der Waals surface area contributed by atoms with Gasteiger partial charge in [-0.1, -0.05) is 41.4 Å². The number of rotatable bonds is 3. The Balaban J connectivity index is 2.13. The van der Waals surface area contributed by atoms with Gasteiger partial charge in [-0.3, -0.25) is 4.79 Å². The molecule has 0 radical (unpaired) electrons. The van der Waals surface area contributed by atoms with Crippen LogP contribution in [0.4, 0.5) is 13.2 Å². The zero-order valence-electron chi connectivity index (χ0n) is 13.3. The molecular weight excluding hydrogens is 404 g/mol. The molecule has 0 N–H and O–H groups in total. The number of carbonyl (C=O) groups is 1. The number of ketones is 1. The number of hydrogen-bond donors (Lipinski definition) is 0. The summed E-state index contributed by atoms with van der Waals surface area (Å²) in [6, 6.07) is 10.9. The van der Waals surface area contributed by atoms with Crippen molar-refractivity contribution in [3.8, 4) is 0 Å². The smallest absolute Gasteiger partial charge is 0.288 e. The highest BCUT2D eigenvalue weighted by atomic mass is 35.5. The van der Waals surface area contributed by atoms with Crippen molar-refractivity contribution in [2.45, 2.75) is 13.1 Å². The number of halogens is 5. The van der Waals surface area contributed by atoms with Gasteiger partial charge in [-0.15, -0.1) is 11.3 Å². The maximum Gasteiger partial charge on any atom is 0.417 e. The first-order valence-corrected chi connectivity index (χ1v) is 9.02. The van der Waals surface area contributed by atoms with E-state index in [2.05, 4.69) is 0 Å². The fraction of sp³-hybridized carbons (Fsp3) is 0.105. The first kappa shape index (κ1) is 19.0. The molecule has 26 heavy (non-hydrogen) atoms. The molecule has 0 aliphatic carbocycles. The minimum Gasteiger partial charge on any atom is -0.288 e. The molecule has 0 amide bonds. The van der Waals surface area contributed by atoms with Crippen molar-refractivity contribution in [2.24, 2.45) is 0 Å². The van der Waals surface area contributed by atoms with Crippen LogP contribution >= 0.6 is 34.5 Å². The van der Waals surface area contributed by atoms with Gasteiger partial charge in [-0.05, 0) is 53.8 Å². The molecule has 0 unspecified atom stereocenters. The Labute approximate surface area is 161 Å². The van der Waals surface area contributed by atoms with Gasteiger partial charge in [0.05, 0.1) is 10.5 Å². The third-order valence-electron chi connectivity index (χ3n) is 3.82. The molecule has 2 aromatic carbocycles. The van der Waals surface area contributed by atoms with Crippen LogP contribution in [0, 0.1) is 6.92 Å². The average molecular weight is 415 g/mol. The summed E-state index contributed by atoms with van der Waals surface area (Å²) in [6.07, 6.45) is -4.12. The molecule has 0 spiro atoms. The largest absolute Gasteiger partial charge is 0.417 e. The molecular formula is C19H11Cl2F3OS. The van der Waals surface area contributed by atoms with Crippen LogP contribution < -0.4 is 0 Å². The van der Waals surface area contributed by atoms with E-state index in [4.69, 9.17) is 23.2 Å². The number of allylic oxidation sites excluding steroid dienone is 2. The molecule has 0 saturated carbocycles. The summed E-state index contributed by atoms with van der Waals surface area (Å²) in [5.74, 6) is -0.702. The van der Waals surface area contributed by atoms with Gasteiger partial charge < -0.3 is 0 Å². The average Bonchev–Trinajstić information content (AvgIpc) is 2.88. The van der Waals surface area contributed by atoms with Crippen LogP contribution in [0.15, 0.2) is 48.5 Å². The summed E-state index contributed by atoms with van der Waals surface area (Å²) in [6.45, 7) is 1.73. The third kappa shape index (κ3) is 3.80. The van der Waals surface area contributed by atoms with E-state index in [9.17, 15) is 18.0 Å². The standard InChI is InChI=1S/C19H11Cl2F3OS/c1-10-14-4-2-3-5-17(14)26-18(10)16(25)9-15(19(22,23)24)11-6-12(20)8-13(21)7-11/h2-9H,1H3/b15-9-. The summed E-state index contributed by atoms with van der Waals surface area (Å²) >= 11 is 12.8. The fourth-order valence-corrected chi connectivity index (χ4v) is 4.29. The number of fused-ring (bicyclic) bond motifs is 1. The van der Waals surface area contributed by atoms with E-state index in [-0.39, 0.29) is 20.5 Å². The summed E-state index contributed by atoms with van der Waals surface area (Å²) in [4.78, 5) is 12.9. The Morgan fingerprint density at radius 1 is 1.08 bits per heavy atom. The second-order valence-electron chi connectivity index (χ2n) is 5.63. The lowest BCUT2D eigenvalue weighted by atomic mass is 10.0. The second-order valence-corrected chi connectivity index (χ2v) is 7.56. The van der Waals surface area contributed by atoms with Crippen molar-refractivity contribution < 1.29 is 18.0 Å². The molecule has 1 nitrogen and oxygen atoms in total. The molecule has 1 heterocycles. The van der Waals surface area contributed by atoms with E-state index in [0.717, 1.165) is 22.2 Å². The molecule has 1 aromatic heterocycles.